The van der Waals surface area contributed by atoms with Gasteiger partial charge in [0.05, 0.1) is 24.2 Å². The van der Waals surface area contributed by atoms with Crippen LogP contribution in [0, 0.1) is 5.41 Å². The lowest BCUT2D eigenvalue weighted by molar-refractivity contribution is -0.196. The molecular formula is C21H25N3O4. The highest BCUT2D eigenvalue weighted by Gasteiger charge is 2.73. The number of nitrogens with zero attached hydrogens (tertiary/aromatic N) is 1. The number of likely N-dealkylation sites (tertiary alicyclic amines) is 1. The highest BCUT2D eigenvalue weighted by Crippen LogP contribution is 2.68. The second-order valence-corrected chi connectivity index (χ2v) is 8.94. The first kappa shape index (κ1) is 17.7. The number of carbonyl (C=O) groups excluding carboxylic acids is 3. The van der Waals surface area contributed by atoms with Gasteiger partial charge in [0.2, 0.25) is 11.8 Å². The number of ether oxygens (including phenoxy) is 1. The van der Waals surface area contributed by atoms with Gasteiger partial charge < -0.3 is 20.3 Å². The number of fused-ring (bicyclic) bond motifs is 2. The first-order chi connectivity index (χ1) is 13.4. The Bertz CT molecular complexity index is 820. The fourth-order valence-corrected chi connectivity index (χ4v) is 5.40. The Morgan fingerprint density at radius 2 is 1.89 bits per heavy atom. The van der Waals surface area contributed by atoms with Gasteiger partial charge in [0.15, 0.2) is 0 Å². The molecule has 0 spiro atoms. The van der Waals surface area contributed by atoms with Crippen LogP contribution in [0.3, 0.4) is 0 Å². The fraction of sp³-hybridized carbons (Fsp3) is 0.571. The van der Waals surface area contributed by atoms with E-state index < -0.39 is 6.04 Å². The van der Waals surface area contributed by atoms with Crippen molar-refractivity contribution in [3.8, 4) is 0 Å². The van der Waals surface area contributed by atoms with Crippen molar-refractivity contribution >= 4 is 17.7 Å². The quantitative estimate of drug-likeness (QED) is 0.789. The lowest BCUT2D eigenvalue weighted by Gasteiger charge is -2.70. The number of hydrogen-bond acceptors (Lipinski definition) is 4. The average Bonchev–Trinajstić information content (AvgIpc) is 3.26. The maximum Gasteiger partial charge on any atom is 0.251 e. The standard InChI is InChI=1S/C21H25N3O4/c1-13(22-18(26)14-5-3-2-4-6-14)17(25)23-21-10-20(11-21,12-21)19(27)24-8-16-7-15(24)9-28-16/h2-6,13,15-16H,7-12H2,1H3,(H,22,26)(H,23,25)/t13?,15-,16-,20?,21?/m1/s1. The van der Waals surface area contributed by atoms with Crippen LogP contribution in [0.2, 0.25) is 0 Å². The van der Waals surface area contributed by atoms with Crippen LogP contribution in [-0.2, 0) is 14.3 Å². The molecule has 1 aromatic rings. The molecule has 28 heavy (non-hydrogen) atoms. The first-order valence-electron chi connectivity index (χ1n) is 10.0. The maximum absolute atomic E-state index is 12.9. The number of benzene rings is 1. The SMILES string of the molecule is CC(NC(=O)c1ccccc1)C(=O)NC12CC(C(=O)N3C[C@H]4C[C@@H]3CO4)(C1)C2. The van der Waals surface area contributed by atoms with Crippen molar-refractivity contribution in [3.63, 3.8) is 0 Å². The summed E-state index contributed by atoms with van der Waals surface area (Å²) in [5.74, 6) is -0.220. The molecule has 2 saturated heterocycles. The zero-order chi connectivity index (χ0) is 19.5. The minimum absolute atomic E-state index is 0.196. The van der Waals surface area contributed by atoms with Gasteiger partial charge in [-0.1, -0.05) is 18.2 Å². The largest absolute Gasteiger partial charge is 0.374 e. The zero-order valence-electron chi connectivity index (χ0n) is 15.9. The van der Waals surface area contributed by atoms with Gasteiger partial charge in [-0.2, -0.15) is 0 Å². The Morgan fingerprint density at radius 1 is 1.18 bits per heavy atom. The molecule has 5 aliphatic rings. The Kier molecular flexibility index (Phi) is 3.81. The van der Waals surface area contributed by atoms with E-state index in [0.29, 0.717) is 38.0 Å². The van der Waals surface area contributed by atoms with Gasteiger partial charge in [0.1, 0.15) is 6.04 Å². The molecule has 0 radical (unpaired) electrons. The number of nitrogens with one attached hydrogen (secondary N) is 2. The Labute approximate surface area is 163 Å². The number of hydrogen-bond donors (Lipinski definition) is 2. The van der Waals surface area contributed by atoms with Gasteiger partial charge in [0, 0.05) is 17.6 Å². The van der Waals surface area contributed by atoms with E-state index in [0.717, 1.165) is 6.42 Å². The minimum Gasteiger partial charge on any atom is -0.374 e. The molecule has 1 aromatic carbocycles. The van der Waals surface area contributed by atoms with E-state index in [1.165, 1.54) is 0 Å². The summed E-state index contributed by atoms with van der Waals surface area (Å²) >= 11 is 0. The third kappa shape index (κ3) is 2.64. The molecule has 5 fully saturated rings. The molecule has 7 nitrogen and oxygen atoms in total. The van der Waals surface area contributed by atoms with Crippen molar-refractivity contribution in [3.05, 3.63) is 35.9 Å². The molecule has 1 unspecified atom stereocenters. The van der Waals surface area contributed by atoms with E-state index in [1.54, 1.807) is 31.2 Å². The molecule has 2 N–H and O–H groups in total. The van der Waals surface area contributed by atoms with Gasteiger partial charge in [-0.05, 0) is 44.7 Å². The molecule has 3 atom stereocenters. The lowest BCUT2D eigenvalue weighted by Crippen LogP contribution is -2.79. The van der Waals surface area contributed by atoms with E-state index in [4.69, 9.17) is 4.74 Å². The summed E-state index contributed by atoms with van der Waals surface area (Å²) in [7, 11) is 0. The van der Waals surface area contributed by atoms with E-state index in [-0.39, 0.29) is 40.8 Å². The first-order valence-corrected chi connectivity index (χ1v) is 10.0. The van der Waals surface area contributed by atoms with Crippen LogP contribution >= 0.6 is 0 Å². The predicted molar refractivity (Wildman–Crippen MR) is 100 cm³/mol. The van der Waals surface area contributed by atoms with Crippen molar-refractivity contribution in [2.75, 3.05) is 13.2 Å². The summed E-state index contributed by atoms with van der Waals surface area (Å²) in [4.78, 5) is 39.7. The predicted octanol–water partition coefficient (Wildman–Crippen LogP) is 0.844. The highest BCUT2D eigenvalue weighted by molar-refractivity contribution is 5.97. The van der Waals surface area contributed by atoms with E-state index >= 15 is 0 Å². The monoisotopic (exact) mass is 383 g/mol. The second kappa shape index (κ2) is 6.04. The lowest BCUT2D eigenvalue weighted by atomic mass is 9.39. The van der Waals surface area contributed by atoms with Crippen molar-refractivity contribution < 1.29 is 19.1 Å². The van der Waals surface area contributed by atoms with Crippen LogP contribution in [0.25, 0.3) is 0 Å². The second-order valence-electron chi connectivity index (χ2n) is 8.94. The summed E-state index contributed by atoms with van der Waals surface area (Å²) in [5, 5.41) is 5.81. The summed E-state index contributed by atoms with van der Waals surface area (Å²) in [6, 6.07) is 8.46. The number of morpholine rings is 1. The van der Waals surface area contributed by atoms with Crippen LogP contribution in [0.5, 0.6) is 0 Å². The van der Waals surface area contributed by atoms with Crippen LogP contribution in [0.4, 0.5) is 0 Å². The average molecular weight is 383 g/mol. The molecule has 2 aliphatic heterocycles. The normalized spacial score (nSPS) is 35.5. The summed E-state index contributed by atoms with van der Waals surface area (Å²) in [5.41, 5.74) is -0.0248. The Balaban J connectivity index is 1.13. The highest BCUT2D eigenvalue weighted by atomic mass is 16.5. The van der Waals surface area contributed by atoms with Gasteiger partial charge in [-0.15, -0.1) is 0 Å². The van der Waals surface area contributed by atoms with Crippen molar-refractivity contribution in [1.82, 2.24) is 15.5 Å². The Morgan fingerprint density at radius 3 is 2.50 bits per heavy atom. The Hall–Kier alpha value is -2.41. The summed E-state index contributed by atoms with van der Waals surface area (Å²) < 4.78 is 5.59. The van der Waals surface area contributed by atoms with Gasteiger partial charge >= 0.3 is 0 Å². The van der Waals surface area contributed by atoms with Crippen molar-refractivity contribution in [2.45, 2.75) is 56.3 Å². The van der Waals surface area contributed by atoms with E-state index in [1.807, 2.05) is 11.0 Å². The van der Waals surface area contributed by atoms with Gasteiger partial charge in [0.25, 0.3) is 5.91 Å². The molecule has 6 rings (SSSR count). The molecule has 3 aliphatic carbocycles. The topological polar surface area (TPSA) is 87.7 Å². The van der Waals surface area contributed by atoms with Crippen LogP contribution < -0.4 is 10.6 Å². The van der Waals surface area contributed by atoms with Crippen molar-refractivity contribution in [2.24, 2.45) is 5.41 Å². The maximum atomic E-state index is 12.9. The molecule has 2 heterocycles. The number of rotatable bonds is 5. The van der Waals surface area contributed by atoms with Crippen LogP contribution in [0.1, 0.15) is 43.0 Å². The van der Waals surface area contributed by atoms with E-state index in [2.05, 4.69) is 10.6 Å². The van der Waals surface area contributed by atoms with Crippen LogP contribution in [-0.4, -0.2) is 59.5 Å². The molecule has 4 bridgehead atoms. The summed E-state index contributed by atoms with van der Waals surface area (Å²) in [6.45, 7) is 3.06. The smallest absolute Gasteiger partial charge is 0.251 e. The molecule has 3 saturated carbocycles. The molecule has 7 heteroatoms. The third-order valence-electron chi connectivity index (χ3n) is 6.81. The van der Waals surface area contributed by atoms with Crippen LogP contribution in [0.15, 0.2) is 30.3 Å². The number of amides is 3. The molecule has 0 aromatic heterocycles. The molecule has 148 valence electrons. The third-order valence-corrected chi connectivity index (χ3v) is 6.81. The zero-order valence-corrected chi connectivity index (χ0v) is 15.9. The van der Waals surface area contributed by atoms with Gasteiger partial charge in [-0.25, -0.2) is 0 Å². The van der Waals surface area contributed by atoms with E-state index in [9.17, 15) is 14.4 Å². The number of carbonyl (C=O) groups is 3. The van der Waals surface area contributed by atoms with Gasteiger partial charge in [-0.3, -0.25) is 14.4 Å². The minimum atomic E-state index is -0.625. The van der Waals surface area contributed by atoms with Crippen molar-refractivity contribution in [1.29, 1.82) is 0 Å². The fourth-order valence-electron chi connectivity index (χ4n) is 5.40. The molecular weight excluding hydrogens is 358 g/mol. The summed E-state index contributed by atoms with van der Waals surface area (Å²) in [6.07, 6.45) is 3.29. The molecule has 3 amide bonds.